The van der Waals surface area contributed by atoms with Crippen LogP contribution in [0.2, 0.25) is 0 Å². The van der Waals surface area contributed by atoms with Crippen molar-refractivity contribution >= 4 is 5.91 Å². The minimum Gasteiger partial charge on any atom is -0.494 e. The number of ether oxygens (including phenoxy) is 2. The van der Waals surface area contributed by atoms with Crippen LogP contribution < -0.4 is 10.1 Å². The molecule has 0 bridgehead atoms. The average molecular weight is 281 g/mol. The van der Waals surface area contributed by atoms with Gasteiger partial charge in [0.1, 0.15) is 5.75 Å². The van der Waals surface area contributed by atoms with Crippen LogP contribution in [0.1, 0.15) is 30.1 Å². The SMILES string of the molecule is CCCOc1ccc(C(=O)NCCC(O)COC)cc1. The molecule has 0 aliphatic carbocycles. The number of carbonyl (C=O) groups is 1. The van der Waals surface area contributed by atoms with Gasteiger partial charge < -0.3 is 19.9 Å². The standard InChI is InChI=1S/C15H23NO4/c1-3-10-20-14-6-4-12(5-7-14)15(18)16-9-8-13(17)11-19-2/h4-7,13,17H,3,8-11H2,1-2H3,(H,16,18). The Morgan fingerprint density at radius 2 is 2.05 bits per heavy atom. The van der Waals surface area contributed by atoms with Crippen LogP contribution in [0, 0.1) is 0 Å². The number of hydrogen-bond donors (Lipinski definition) is 2. The molecule has 2 N–H and O–H groups in total. The summed E-state index contributed by atoms with van der Waals surface area (Å²) in [5.41, 5.74) is 0.579. The van der Waals surface area contributed by atoms with Crippen molar-refractivity contribution in [3.8, 4) is 5.75 Å². The molecule has 1 atom stereocenters. The lowest BCUT2D eigenvalue weighted by Gasteiger charge is -2.10. The highest BCUT2D eigenvalue weighted by Gasteiger charge is 2.07. The lowest BCUT2D eigenvalue weighted by molar-refractivity contribution is 0.0587. The second-order valence-electron chi connectivity index (χ2n) is 4.53. The highest BCUT2D eigenvalue weighted by molar-refractivity contribution is 5.94. The molecular formula is C15H23NO4. The van der Waals surface area contributed by atoms with Gasteiger partial charge in [0.05, 0.1) is 19.3 Å². The van der Waals surface area contributed by atoms with Crippen LogP contribution in [-0.4, -0.2) is 44.0 Å². The Kier molecular flexibility index (Phi) is 7.69. The number of methoxy groups -OCH3 is 1. The maximum Gasteiger partial charge on any atom is 0.251 e. The monoisotopic (exact) mass is 281 g/mol. The van der Waals surface area contributed by atoms with Gasteiger partial charge in [-0.25, -0.2) is 0 Å². The molecule has 0 heterocycles. The van der Waals surface area contributed by atoms with Gasteiger partial charge in [-0.3, -0.25) is 4.79 Å². The molecule has 0 aliphatic heterocycles. The first kappa shape index (κ1) is 16.5. The first-order valence-electron chi connectivity index (χ1n) is 6.85. The van der Waals surface area contributed by atoms with Crippen molar-refractivity contribution in [2.24, 2.45) is 0 Å². The molecule has 20 heavy (non-hydrogen) atoms. The molecule has 0 saturated heterocycles. The number of benzene rings is 1. The summed E-state index contributed by atoms with van der Waals surface area (Å²) in [6.45, 7) is 3.40. The Hall–Kier alpha value is -1.59. The zero-order valence-corrected chi connectivity index (χ0v) is 12.1. The number of aliphatic hydroxyl groups excluding tert-OH is 1. The second kappa shape index (κ2) is 9.34. The van der Waals surface area contributed by atoms with Gasteiger partial charge in [0, 0.05) is 19.2 Å². The predicted octanol–water partition coefficient (Wildman–Crippen LogP) is 1.60. The fourth-order valence-corrected chi connectivity index (χ4v) is 1.65. The second-order valence-corrected chi connectivity index (χ2v) is 4.53. The molecule has 1 aromatic rings. The number of amides is 1. The third-order valence-electron chi connectivity index (χ3n) is 2.71. The summed E-state index contributed by atoms with van der Waals surface area (Å²) in [7, 11) is 1.53. The Morgan fingerprint density at radius 1 is 1.35 bits per heavy atom. The van der Waals surface area contributed by atoms with Crippen molar-refractivity contribution in [2.45, 2.75) is 25.9 Å². The zero-order valence-electron chi connectivity index (χ0n) is 12.1. The summed E-state index contributed by atoms with van der Waals surface area (Å²) >= 11 is 0. The summed E-state index contributed by atoms with van der Waals surface area (Å²) in [6, 6.07) is 7.02. The quantitative estimate of drug-likeness (QED) is 0.721. The average Bonchev–Trinajstić information content (AvgIpc) is 2.46. The molecule has 1 aromatic carbocycles. The highest BCUT2D eigenvalue weighted by atomic mass is 16.5. The number of aliphatic hydroxyl groups is 1. The van der Waals surface area contributed by atoms with Gasteiger partial charge in [0.25, 0.3) is 5.91 Å². The predicted molar refractivity (Wildman–Crippen MR) is 77.1 cm³/mol. The van der Waals surface area contributed by atoms with Crippen LogP contribution in [0.3, 0.4) is 0 Å². The maximum atomic E-state index is 11.8. The van der Waals surface area contributed by atoms with E-state index in [0.29, 0.717) is 25.1 Å². The van der Waals surface area contributed by atoms with Crippen molar-refractivity contribution in [3.05, 3.63) is 29.8 Å². The Bertz CT molecular complexity index is 391. The molecule has 0 saturated carbocycles. The van der Waals surface area contributed by atoms with Crippen molar-refractivity contribution in [1.29, 1.82) is 0 Å². The lowest BCUT2D eigenvalue weighted by Crippen LogP contribution is -2.28. The minimum atomic E-state index is -0.551. The molecule has 5 nitrogen and oxygen atoms in total. The smallest absolute Gasteiger partial charge is 0.251 e. The molecule has 1 amide bonds. The topological polar surface area (TPSA) is 67.8 Å². The van der Waals surface area contributed by atoms with Crippen LogP contribution in [-0.2, 0) is 4.74 Å². The van der Waals surface area contributed by atoms with Gasteiger partial charge in [0.15, 0.2) is 0 Å². The summed E-state index contributed by atoms with van der Waals surface area (Å²) < 4.78 is 10.3. The molecule has 5 heteroatoms. The summed E-state index contributed by atoms with van der Waals surface area (Å²) in [5.74, 6) is 0.607. The lowest BCUT2D eigenvalue weighted by atomic mass is 10.2. The Balaban J connectivity index is 2.36. The molecule has 1 rings (SSSR count). The van der Waals surface area contributed by atoms with Crippen molar-refractivity contribution in [2.75, 3.05) is 26.9 Å². The van der Waals surface area contributed by atoms with Crippen molar-refractivity contribution in [1.82, 2.24) is 5.32 Å². The van der Waals surface area contributed by atoms with Gasteiger partial charge in [0.2, 0.25) is 0 Å². The van der Waals surface area contributed by atoms with E-state index < -0.39 is 6.10 Å². The van der Waals surface area contributed by atoms with E-state index in [9.17, 15) is 9.90 Å². The van der Waals surface area contributed by atoms with Crippen molar-refractivity contribution < 1.29 is 19.4 Å². The van der Waals surface area contributed by atoms with E-state index in [1.807, 2.05) is 6.92 Å². The highest BCUT2D eigenvalue weighted by Crippen LogP contribution is 2.12. The number of hydrogen-bond acceptors (Lipinski definition) is 4. The molecule has 0 aliphatic rings. The van der Waals surface area contributed by atoms with Gasteiger partial charge in [-0.1, -0.05) is 6.92 Å². The van der Waals surface area contributed by atoms with E-state index in [0.717, 1.165) is 12.2 Å². The minimum absolute atomic E-state index is 0.156. The molecular weight excluding hydrogens is 258 g/mol. The normalized spacial score (nSPS) is 11.9. The van der Waals surface area contributed by atoms with Crippen LogP contribution in [0.5, 0.6) is 5.75 Å². The maximum absolute atomic E-state index is 11.8. The number of nitrogens with one attached hydrogen (secondary N) is 1. The van der Waals surface area contributed by atoms with Gasteiger partial charge >= 0.3 is 0 Å². The first-order valence-corrected chi connectivity index (χ1v) is 6.85. The summed E-state index contributed by atoms with van der Waals surface area (Å²) in [5, 5.41) is 12.2. The third-order valence-corrected chi connectivity index (χ3v) is 2.71. The van der Waals surface area contributed by atoms with E-state index in [1.54, 1.807) is 24.3 Å². The number of carbonyl (C=O) groups excluding carboxylic acids is 1. The molecule has 112 valence electrons. The van der Waals surface area contributed by atoms with Gasteiger partial charge in [-0.05, 0) is 37.1 Å². The van der Waals surface area contributed by atoms with E-state index in [2.05, 4.69) is 5.32 Å². The van der Waals surface area contributed by atoms with Crippen LogP contribution in [0.25, 0.3) is 0 Å². The van der Waals surface area contributed by atoms with Crippen LogP contribution >= 0.6 is 0 Å². The molecule has 0 radical (unpaired) electrons. The number of rotatable bonds is 9. The fraction of sp³-hybridized carbons (Fsp3) is 0.533. The van der Waals surface area contributed by atoms with Gasteiger partial charge in [-0.2, -0.15) is 0 Å². The summed E-state index contributed by atoms with van der Waals surface area (Å²) in [4.78, 5) is 11.8. The van der Waals surface area contributed by atoms with E-state index in [1.165, 1.54) is 7.11 Å². The fourth-order valence-electron chi connectivity index (χ4n) is 1.65. The molecule has 1 unspecified atom stereocenters. The van der Waals surface area contributed by atoms with Crippen LogP contribution in [0.4, 0.5) is 0 Å². The first-order chi connectivity index (χ1) is 9.67. The Labute approximate surface area is 119 Å². The van der Waals surface area contributed by atoms with E-state index in [-0.39, 0.29) is 12.5 Å². The zero-order chi connectivity index (χ0) is 14.8. The molecule has 0 fully saturated rings. The molecule has 0 aromatic heterocycles. The van der Waals surface area contributed by atoms with E-state index >= 15 is 0 Å². The van der Waals surface area contributed by atoms with Gasteiger partial charge in [-0.15, -0.1) is 0 Å². The Morgan fingerprint density at radius 3 is 2.65 bits per heavy atom. The molecule has 0 spiro atoms. The van der Waals surface area contributed by atoms with E-state index in [4.69, 9.17) is 9.47 Å². The summed E-state index contributed by atoms with van der Waals surface area (Å²) in [6.07, 6.45) is 0.869. The van der Waals surface area contributed by atoms with Crippen molar-refractivity contribution in [3.63, 3.8) is 0 Å². The van der Waals surface area contributed by atoms with Crippen LogP contribution in [0.15, 0.2) is 24.3 Å². The third kappa shape index (κ3) is 6.04. The largest absolute Gasteiger partial charge is 0.494 e.